The summed E-state index contributed by atoms with van der Waals surface area (Å²) in [6, 6.07) is 10.8. The van der Waals surface area contributed by atoms with Crippen molar-refractivity contribution >= 4 is 12.4 Å². The molecule has 1 aromatic rings. The van der Waals surface area contributed by atoms with Crippen molar-refractivity contribution < 1.29 is 4.74 Å². The van der Waals surface area contributed by atoms with Crippen molar-refractivity contribution in [1.82, 2.24) is 5.32 Å². The van der Waals surface area contributed by atoms with E-state index in [0.717, 1.165) is 13.2 Å². The lowest BCUT2D eigenvalue weighted by Crippen LogP contribution is -2.40. The minimum Gasteiger partial charge on any atom is -0.371 e. The summed E-state index contributed by atoms with van der Waals surface area (Å²) in [5.41, 5.74) is 1.27. The summed E-state index contributed by atoms with van der Waals surface area (Å²) in [6.07, 6.45) is 0.234. The second-order valence-corrected chi connectivity index (χ2v) is 3.54. The van der Waals surface area contributed by atoms with E-state index in [1.165, 1.54) is 5.56 Å². The van der Waals surface area contributed by atoms with Gasteiger partial charge in [0.2, 0.25) is 0 Å². The average Bonchev–Trinajstić information content (AvgIpc) is 2.20. The molecule has 1 heterocycles. The fourth-order valence-corrected chi connectivity index (χ4v) is 1.57. The van der Waals surface area contributed by atoms with Crippen LogP contribution in [0.1, 0.15) is 18.6 Å². The summed E-state index contributed by atoms with van der Waals surface area (Å²) < 4.78 is 5.71. The lowest BCUT2D eigenvalue weighted by Gasteiger charge is -2.28. The molecule has 2 rings (SSSR count). The Bertz CT molecular complexity index is 257. The summed E-state index contributed by atoms with van der Waals surface area (Å²) in [4.78, 5) is 0. The molecule has 0 aromatic heterocycles. The molecule has 0 amide bonds. The molecule has 1 fully saturated rings. The predicted octanol–water partition coefficient (Wildman–Crippen LogP) is 2.16. The van der Waals surface area contributed by atoms with E-state index in [0.29, 0.717) is 6.04 Å². The SMILES string of the molecule is C[C@H]1CO[C@H](c2ccccc2)CN1.Cl. The van der Waals surface area contributed by atoms with Crippen LogP contribution >= 0.6 is 12.4 Å². The standard InChI is InChI=1S/C11H15NO.ClH/c1-9-8-13-11(7-12-9)10-5-3-2-4-6-10;/h2-6,9,11-12H,7-8H2,1H3;1H/t9-,11-;/m0./s1. The van der Waals surface area contributed by atoms with Crippen LogP contribution in [0.15, 0.2) is 30.3 Å². The van der Waals surface area contributed by atoms with E-state index in [1.54, 1.807) is 0 Å². The zero-order chi connectivity index (χ0) is 9.10. The van der Waals surface area contributed by atoms with Crippen LogP contribution < -0.4 is 5.32 Å². The van der Waals surface area contributed by atoms with Crippen molar-refractivity contribution in [2.75, 3.05) is 13.2 Å². The summed E-state index contributed by atoms with van der Waals surface area (Å²) in [6.45, 7) is 3.87. The van der Waals surface area contributed by atoms with Crippen molar-refractivity contribution in [2.24, 2.45) is 0 Å². The Morgan fingerprint density at radius 1 is 1.29 bits per heavy atom. The highest BCUT2D eigenvalue weighted by Crippen LogP contribution is 2.19. The Morgan fingerprint density at radius 3 is 2.57 bits per heavy atom. The van der Waals surface area contributed by atoms with Crippen LogP contribution in [0.2, 0.25) is 0 Å². The molecule has 0 bridgehead atoms. The van der Waals surface area contributed by atoms with Gasteiger partial charge in [0.15, 0.2) is 0 Å². The molecule has 0 spiro atoms. The summed E-state index contributed by atoms with van der Waals surface area (Å²) in [5, 5.41) is 3.41. The first-order chi connectivity index (χ1) is 6.36. The van der Waals surface area contributed by atoms with Crippen molar-refractivity contribution in [2.45, 2.75) is 19.1 Å². The molecule has 0 radical (unpaired) electrons. The molecule has 3 heteroatoms. The monoisotopic (exact) mass is 213 g/mol. The fourth-order valence-electron chi connectivity index (χ4n) is 1.57. The molecule has 0 aliphatic carbocycles. The van der Waals surface area contributed by atoms with Crippen LogP contribution in [0.3, 0.4) is 0 Å². The largest absolute Gasteiger partial charge is 0.371 e. The lowest BCUT2D eigenvalue weighted by atomic mass is 10.1. The molecule has 78 valence electrons. The number of hydrogen-bond donors (Lipinski definition) is 1. The minimum absolute atomic E-state index is 0. The van der Waals surface area contributed by atoms with Gasteiger partial charge in [0.1, 0.15) is 0 Å². The number of ether oxygens (including phenoxy) is 1. The summed E-state index contributed by atoms with van der Waals surface area (Å²) in [5.74, 6) is 0. The Morgan fingerprint density at radius 2 is 2.00 bits per heavy atom. The maximum Gasteiger partial charge on any atom is 0.0950 e. The predicted molar refractivity (Wildman–Crippen MR) is 59.8 cm³/mol. The van der Waals surface area contributed by atoms with Gasteiger partial charge in [0.25, 0.3) is 0 Å². The Balaban J connectivity index is 0.000000980. The highest BCUT2D eigenvalue weighted by atomic mass is 35.5. The van der Waals surface area contributed by atoms with E-state index in [9.17, 15) is 0 Å². The van der Waals surface area contributed by atoms with Crippen molar-refractivity contribution in [3.63, 3.8) is 0 Å². The molecule has 1 aliphatic rings. The van der Waals surface area contributed by atoms with Crippen LogP contribution in [-0.2, 0) is 4.74 Å². The second-order valence-electron chi connectivity index (χ2n) is 3.54. The Kier molecular flexibility index (Phi) is 4.39. The van der Waals surface area contributed by atoms with Crippen LogP contribution in [0, 0.1) is 0 Å². The number of benzene rings is 1. The second kappa shape index (κ2) is 5.35. The van der Waals surface area contributed by atoms with E-state index < -0.39 is 0 Å². The van der Waals surface area contributed by atoms with Crippen molar-refractivity contribution in [1.29, 1.82) is 0 Å². The Hall–Kier alpha value is -0.570. The number of halogens is 1. The van der Waals surface area contributed by atoms with Gasteiger partial charge >= 0.3 is 0 Å². The molecular weight excluding hydrogens is 198 g/mol. The smallest absolute Gasteiger partial charge is 0.0950 e. The molecule has 1 N–H and O–H groups in total. The molecular formula is C11H16ClNO. The molecule has 1 saturated heterocycles. The normalized spacial score (nSPS) is 26.6. The average molecular weight is 214 g/mol. The van der Waals surface area contributed by atoms with E-state index >= 15 is 0 Å². The van der Waals surface area contributed by atoms with Gasteiger partial charge in [-0.25, -0.2) is 0 Å². The van der Waals surface area contributed by atoms with Gasteiger partial charge in [-0.05, 0) is 12.5 Å². The molecule has 14 heavy (non-hydrogen) atoms. The van der Waals surface area contributed by atoms with E-state index in [-0.39, 0.29) is 18.5 Å². The van der Waals surface area contributed by atoms with Crippen LogP contribution in [-0.4, -0.2) is 19.2 Å². The summed E-state index contributed by atoms with van der Waals surface area (Å²) >= 11 is 0. The van der Waals surface area contributed by atoms with Gasteiger partial charge < -0.3 is 10.1 Å². The first-order valence-electron chi connectivity index (χ1n) is 4.76. The van der Waals surface area contributed by atoms with Gasteiger partial charge in [-0.3, -0.25) is 0 Å². The van der Waals surface area contributed by atoms with Crippen LogP contribution in [0.25, 0.3) is 0 Å². The van der Waals surface area contributed by atoms with Crippen molar-refractivity contribution in [3.05, 3.63) is 35.9 Å². The highest BCUT2D eigenvalue weighted by Gasteiger charge is 2.18. The zero-order valence-corrected chi connectivity index (χ0v) is 9.09. The molecule has 2 nitrogen and oxygen atoms in total. The number of hydrogen-bond acceptors (Lipinski definition) is 2. The van der Waals surface area contributed by atoms with Crippen LogP contribution in [0.4, 0.5) is 0 Å². The topological polar surface area (TPSA) is 21.3 Å². The molecule has 1 aromatic carbocycles. The maximum atomic E-state index is 5.71. The van der Waals surface area contributed by atoms with Crippen LogP contribution in [0.5, 0.6) is 0 Å². The Labute approximate surface area is 91.1 Å². The summed E-state index contributed by atoms with van der Waals surface area (Å²) in [7, 11) is 0. The number of nitrogens with one attached hydrogen (secondary N) is 1. The molecule has 0 saturated carbocycles. The molecule has 0 unspecified atom stereocenters. The first-order valence-corrected chi connectivity index (χ1v) is 4.76. The highest BCUT2D eigenvalue weighted by molar-refractivity contribution is 5.85. The molecule has 2 atom stereocenters. The van der Waals surface area contributed by atoms with E-state index in [4.69, 9.17) is 4.74 Å². The minimum atomic E-state index is 0. The third-order valence-electron chi connectivity index (χ3n) is 2.37. The van der Waals surface area contributed by atoms with Gasteiger partial charge in [-0.15, -0.1) is 12.4 Å². The third-order valence-corrected chi connectivity index (χ3v) is 2.37. The maximum absolute atomic E-state index is 5.71. The van der Waals surface area contributed by atoms with Gasteiger partial charge in [0, 0.05) is 12.6 Å². The number of rotatable bonds is 1. The first kappa shape index (κ1) is 11.5. The zero-order valence-electron chi connectivity index (χ0n) is 8.27. The number of morpholine rings is 1. The van der Waals surface area contributed by atoms with Gasteiger partial charge in [-0.2, -0.15) is 0 Å². The van der Waals surface area contributed by atoms with E-state index in [1.807, 2.05) is 6.07 Å². The lowest BCUT2D eigenvalue weighted by molar-refractivity contribution is 0.00695. The third kappa shape index (κ3) is 2.71. The molecule has 1 aliphatic heterocycles. The quantitative estimate of drug-likeness (QED) is 0.772. The van der Waals surface area contributed by atoms with Gasteiger partial charge in [-0.1, -0.05) is 30.3 Å². The van der Waals surface area contributed by atoms with E-state index in [2.05, 4.69) is 36.5 Å². The van der Waals surface area contributed by atoms with Crippen molar-refractivity contribution in [3.8, 4) is 0 Å². The fraction of sp³-hybridized carbons (Fsp3) is 0.455. The van der Waals surface area contributed by atoms with Gasteiger partial charge in [0.05, 0.1) is 12.7 Å².